The number of aliphatic hydroxyl groups excluding tert-OH is 1. The lowest BCUT2D eigenvalue weighted by Gasteiger charge is -2.27. The van der Waals surface area contributed by atoms with Crippen LogP contribution in [0.2, 0.25) is 0 Å². The van der Waals surface area contributed by atoms with E-state index in [2.05, 4.69) is 53.7 Å². The predicted octanol–water partition coefficient (Wildman–Crippen LogP) is 8.63. The molecule has 0 aromatic heterocycles. The van der Waals surface area contributed by atoms with Crippen molar-refractivity contribution in [2.24, 2.45) is 5.41 Å². The number of benzene rings is 1. The van der Waals surface area contributed by atoms with Gasteiger partial charge in [0.2, 0.25) is 0 Å². The zero-order valence-corrected chi connectivity index (χ0v) is 28.3. The molecule has 0 fully saturated rings. The maximum absolute atomic E-state index is 11.6. The summed E-state index contributed by atoms with van der Waals surface area (Å²) in [6, 6.07) is 4.18. The van der Waals surface area contributed by atoms with Gasteiger partial charge in [0.1, 0.15) is 16.8 Å². The zero-order valence-electron chi connectivity index (χ0n) is 27.5. The van der Waals surface area contributed by atoms with Crippen LogP contribution in [0, 0.1) is 5.41 Å². The Morgan fingerprint density at radius 1 is 0.816 bits per heavy atom. The van der Waals surface area contributed by atoms with Crippen LogP contribution in [0.15, 0.2) is 17.0 Å². The molecular weight excluding hydrogens is 500 g/mol. The Bertz CT molecular complexity index is 793. The van der Waals surface area contributed by atoms with Gasteiger partial charge >= 0.3 is 5.97 Å². The van der Waals surface area contributed by atoms with Crippen molar-refractivity contribution in [3.63, 3.8) is 0 Å². The third kappa shape index (κ3) is 15.1. The molecule has 38 heavy (non-hydrogen) atoms. The lowest BCUT2D eigenvalue weighted by Crippen LogP contribution is -2.43. The van der Waals surface area contributed by atoms with E-state index in [0.717, 1.165) is 11.1 Å². The van der Waals surface area contributed by atoms with Gasteiger partial charge in [-0.25, -0.2) is 4.21 Å². The lowest BCUT2D eigenvalue weighted by molar-refractivity contribution is -0.171. The molecule has 0 bridgehead atoms. The largest absolute Gasteiger partial charge is 0.459 e. The molecule has 2 N–H and O–H groups in total. The van der Waals surface area contributed by atoms with Crippen LogP contribution in [-0.4, -0.2) is 37.8 Å². The SMILES string of the molecule is CC.CC.CC.CC(=O)C(C)(CO)C(=O)OC(C)(C)C.CC(C)c1cc(C(C)C)c(S(=O)O)c(C(C)C)c1. The third-order valence-electron chi connectivity index (χ3n) is 5.20. The molecule has 0 saturated heterocycles. The average Bonchev–Trinajstić information content (AvgIpc) is 2.85. The highest BCUT2D eigenvalue weighted by molar-refractivity contribution is 7.79. The van der Waals surface area contributed by atoms with Crippen LogP contribution in [0.1, 0.15) is 152 Å². The van der Waals surface area contributed by atoms with Crippen molar-refractivity contribution in [2.45, 2.75) is 146 Å². The molecule has 0 aliphatic heterocycles. The van der Waals surface area contributed by atoms with E-state index in [4.69, 9.17) is 9.84 Å². The van der Waals surface area contributed by atoms with Gasteiger partial charge in [0.15, 0.2) is 11.1 Å². The Morgan fingerprint density at radius 3 is 1.34 bits per heavy atom. The molecule has 0 spiro atoms. The van der Waals surface area contributed by atoms with Crippen molar-refractivity contribution in [3.8, 4) is 0 Å². The van der Waals surface area contributed by atoms with Gasteiger partial charge in [0.05, 0.1) is 11.5 Å². The summed E-state index contributed by atoms with van der Waals surface area (Å²) >= 11 is -1.91. The van der Waals surface area contributed by atoms with E-state index in [9.17, 15) is 18.4 Å². The summed E-state index contributed by atoms with van der Waals surface area (Å²) < 4.78 is 26.3. The fourth-order valence-corrected chi connectivity index (χ4v) is 3.79. The Morgan fingerprint density at radius 2 is 1.16 bits per heavy atom. The first-order valence-electron chi connectivity index (χ1n) is 14.0. The molecule has 7 heteroatoms. The zero-order chi connectivity index (χ0) is 31.6. The molecule has 2 atom stereocenters. The normalized spacial score (nSPS) is 12.8. The number of carbonyl (C=O) groups excluding carboxylic acids is 2. The number of rotatable bonds is 7. The van der Waals surface area contributed by atoms with Crippen LogP contribution in [0.4, 0.5) is 0 Å². The van der Waals surface area contributed by atoms with Crippen molar-refractivity contribution >= 4 is 22.8 Å². The summed E-state index contributed by atoms with van der Waals surface area (Å²) in [5.41, 5.74) is 1.17. The molecular formula is C31H60O6S. The van der Waals surface area contributed by atoms with E-state index in [1.807, 2.05) is 41.5 Å². The number of ketones is 1. The average molecular weight is 561 g/mol. The molecule has 2 unspecified atom stereocenters. The van der Waals surface area contributed by atoms with Crippen LogP contribution < -0.4 is 0 Å². The number of ether oxygens (including phenoxy) is 1. The molecule has 6 nitrogen and oxygen atoms in total. The van der Waals surface area contributed by atoms with E-state index in [1.54, 1.807) is 20.8 Å². The summed E-state index contributed by atoms with van der Waals surface area (Å²) in [7, 11) is 0. The highest BCUT2D eigenvalue weighted by Gasteiger charge is 2.41. The maximum atomic E-state index is 11.6. The van der Waals surface area contributed by atoms with Crippen molar-refractivity contribution in [2.75, 3.05) is 6.61 Å². The first-order chi connectivity index (χ1) is 17.4. The number of esters is 1. The van der Waals surface area contributed by atoms with E-state index in [0.29, 0.717) is 10.8 Å². The third-order valence-corrected chi connectivity index (χ3v) is 6.02. The Balaban J connectivity index is -0.000000259. The highest BCUT2D eigenvalue weighted by Crippen LogP contribution is 2.33. The number of carbonyl (C=O) groups is 2. The molecule has 0 heterocycles. The standard InChI is InChI=1S/C15H24O2S.C10H18O4.3C2H6/c1-9(2)12-7-13(10(3)4)15(18(16)17)14(8-12)11(5)6;1-7(12)10(5,6-11)8(13)14-9(2,3)4;3*1-2/h7-11H,1-6H3,(H,16,17);11H,6H2,1-5H3;3*1-2H3. The monoisotopic (exact) mass is 560 g/mol. The van der Waals surface area contributed by atoms with Crippen molar-refractivity contribution in [1.29, 1.82) is 0 Å². The smallest absolute Gasteiger partial charge is 0.322 e. The van der Waals surface area contributed by atoms with E-state index >= 15 is 0 Å². The molecule has 0 aliphatic carbocycles. The van der Waals surface area contributed by atoms with E-state index in [-0.39, 0.29) is 11.8 Å². The van der Waals surface area contributed by atoms with Gasteiger partial charge in [-0.15, -0.1) is 0 Å². The molecule has 0 amide bonds. The molecule has 226 valence electrons. The van der Waals surface area contributed by atoms with Gasteiger partial charge < -0.3 is 14.4 Å². The summed E-state index contributed by atoms with van der Waals surface area (Å²) in [4.78, 5) is 23.3. The van der Waals surface area contributed by atoms with Crippen LogP contribution in [-0.2, 0) is 25.4 Å². The molecule has 1 aromatic carbocycles. The summed E-state index contributed by atoms with van der Waals surface area (Å²) in [6.45, 7) is 31.8. The molecule has 1 aromatic rings. The molecule has 1 rings (SSSR count). The van der Waals surface area contributed by atoms with Gasteiger partial charge in [-0.2, -0.15) is 0 Å². The minimum absolute atomic E-state index is 0.257. The lowest BCUT2D eigenvalue weighted by atomic mass is 9.87. The quantitative estimate of drug-likeness (QED) is 0.197. The Hall–Kier alpha value is -1.57. The van der Waals surface area contributed by atoms with Gasteiger partial charge in [-0.3, -0.25) is 9.59 Å². The summed E-state index contributed by atoms with van der Waals surface area (Å²) in [5, 5.41) is 9.00. The fraction of sp³-hybridized carbons (Fsp3) is 0.742. The molecule has 0 radical (unpaired) electrons. The molecule has 0 saturated carbocycles. The van der Waals surface area contributed by atoms with Gasteiger partial charge in [-0.05, 0) is 69.1 Å². The summed E-state index contributed by atoms with van der Waals surface area (Å²) in [6.07, 6.45) is 0. The van der Waals surface area contributed by atoms with Crippen LogP contribution >= 0.6 is 0 Å². The minimum Gasteiger partial charge on any atom is -0.459 e. The first kappa shape index (κ1) is 43.5. The van der Waals surface area contributed by atoms with Gasteiger partial charge in [-0.1, -0.05) is 95.2 Å². The first-order valence-corrected chi connectivity index (χ1v) is 15.1. The fourth-order valence-electron chi connectivity index (χ4n) is 2.80. The number of hydrogen-bond donors (Lipinski definition) is 2. The van der Waals surface area contributed by atoms with Crippen molar-refractivity contribution in [1.82, 2.24) is 0 Å². The summed E-state index contributed by atoms with van der Waals surface area (Å²) in [5.74, 6) is -0.130. The van der Waals surface area contributed by atoms with Gasteiger partial charge in [0.25, 0.3) is 0 Å². The molecule has 0 aliphatic rings. The second-order valence-electron chi connectivity index (χ2n) is 10.3. The number of Topliss-reactive ketones (excluding diaryl/α,β-unsaturated/α-hetero) is 1. The van der Waals surface area contributed by atoms with Crippen LogP contribution in [0.3, 0.4) is 0 Å². The van der Waals surface area contributed by atoms with E-state index in [1.165, 1.54) is 19.4 Å². The van der Waals surface area contributed by atoms with Crippen molar-refractivity contribution in [3.05, 3.63) is 28.8 Å². The Labute approximate surface area is 237 Å². The Kier molecular flexibility index (Phi) is 24.3. The van der Waals surface area contributed by atoms with Crippen LogP contribution in [0.5, 0.6) is 0 Å². The number of aliphatic hydroxyl groups is 1. The second-order valence-corrected chi connectivity index (χ2v) is 11.2. The highest BCUT2D eigenvalue weighted by atomic mass is 32.2. The van der Waals surface area contributed by atoms with Crippen molar-refractivity contribution < 1.29 is 28.2 Å². The topological polar surface area (TPSA) is 101 Å². The maximum Gasteiger partial charge on any atom is 0.322 e. The van der Waals surface area contributed by atoms with Gasteiger partial charge in [0, 0.05) is 0 Å². The second kappa shape index (κ2) is 21.3. The van der Waals surface area contributed by atoms with Crippen LogP contribution in [0.25, 0.3) is 0 Å². The minimum atomic E-state index is -1.91. The number of hydrogen-bond acceptors (Lipinski definition) is 5. The predicted molar refractivity (Wildman–Crippen MR) is 164 cm³/mol. The van der Waals surface area contributed by atoms with E-state index < -0.39 is 40.5 Å².